The van der Waals surface area contributed by atoms with Gasteiger partial charge in [-0.15, -0.1) is 0 Å². The quantitative estimate of drug-likeness (QED) is 0.860. The number of para-hydroxylation sites is 2. The number of carbonyl (C=O) groups is 1. The summed E-state index contributed by atoms with van der Waals surface area (Å²) in [5.41, 5.74) is 0.738. The zero-order valence-corrected chi connectivity index (χ0v) is 12.2. The summed E-state index contributed by atoms with van der Waals surface area (Å²) in [6, 6.07) is 13.5. The highest BCUT2D eigenvalue weighted by atomic mass is 35.5. The molecular weight excluding hydrogens is 292 g/mol. The van der Waals surface area contributed by atoms with Crippen molar-refractivity contribution in [2.75, 3.05) is 13.7 Å². The first-order valence-corrected chi connectivity index (χ1v) is 6.73. The molecule has 0 aliphatic heterocycles. The van der Waals surface area contributed by atoms with Crippen molar-refractivity contribution < 1.29 is 19.4 Å². The third-order valence-electron chi connectivity index (χ3n) is 3.03. The van der Waals surface area contributed by atoms with Gasteiger partial charge in [0.2, 0.25) is 0 Å². The SMILES string of the molecule is COC(=O)C(COc1ccccc1O)c1ccc(Cl)cc1. The van der Waals surface area contributed by atoms with Gasteiger partial charge >= 0.3 is 5.97 Å². The fraction of sp³-hybridized carbons (Fsp3) is 0.188. The van der Waals surface area contributed by atoms with Gasteiger partial charge in [-0.3, -0.25) is 4.79 Å². The summed E-state index contributed by atoms with van der Waals surface area (Å²) >= 11 is 5.84. The Bertz CT molecular complexity index is 610. The molecule has 1 unspecified atom stereocenters. The standard InChI is InChI=1S/C16H15ClO4/c1-20-16(19)13(11-6-8-12(17)9-7-11)10-21-15-5-3-2-4-14(15)18/h2-9,13,18H,10H2,1H3. The van der Waals surface area contributed by atoms with Crippen LogP contribution in [0.4, 0.5) is 0 Å². The maximum absolute atomic E-state index is 11.9. The number of esters is 1. The second-order valence-corrected chi connectivity index (χ2v) is 4.84. The lowest BCUT2D eigenvalue weighted by Gasteiger charge is -2.16. The summed E-state index contributed by atoms with van der Waals surface area (Å²) in [7, 11) is 1.32. The van der Waals surface area contributed by atoms with Crippen molar-refractivity contribution in [3.05, 3.63) is 59.1 Å². The topological polar surface area (TPSA) is 55.8 Å². The van der Waals surface area contributed by atoms with E-state index in [0.717, 1.165) is 5.56 Å². The minimum atomic E-state index is -0.591. The number of rotatable bonds is 5. The Morgan fingerprint density at radius 2 is 1.86 bits per heavy atom. The number of hydrogen-bond acceptors (Lipinski definition) is 4. The molecule has 1 atom stereocenters. The summed E-state index contributed by atoms with van der Waals surface area (Å²) in [6.07, 6.45) is 0. The van der Waals surface area contributed by atoms with Crippen LogP contribution in [0.5, 0.6) is 11.5 Å². The molecule has 0 saturated heterocycles. The lowest BCUT2D eigenvalue weighted by molar-refractivity contribution is -0.143. The molecular formula is C16H15ClO4. The fourth-order valence-electron chi connectivity index (χ4n) is 1.89. The third kappa shape index (κ3) is 3.89. The highest BCUT2D eigenvalue weighted by Crippen LogP contribution is 2.27. The van der Waals surface area contributed by atoms with E-state index in [0.29, 0.717) is 10.8 Å². The normalized spacial score (nSPS) is 11.7. The number of ether oxygens (including phenoxy) is 2. The molecule has 0 fully saturated rings. The first-order valence-electron chi connectivity index (χ1n) is 6.36. The predicted molar refractivity (Wildman–Crippen MR) is 79.8 cm³/mol. The molecule has 21 heavy (non-hydrogen) atoms. The maximum Gasteiger partial charge on any atom is 0.316 e. The van der Waals surface area contributed by atoms with Gasteiger partial charge in [-0.25, -0.2) is 0 Å². The highest BCUT2D eigenvalue weighted by Gasteiger charge is 2.22. The van der Waals surface area contributed by atoms with E-state index in [1.165, 1.54) is 13.2 Å². The Kier molecular flexibility index (Phi) is 5.06. The first-order chi connectivity index (χ1) is 10.1. The number of carbonyl (C=O) groups excluding carboxylic acids is 1. The fourth-order valence-corrected chi connectivity index (χ4v) is 2.02. The maximum atomic E-state index is 11.9. The van der Waals surface area contributed by atoms with E-state index < -0.39 is 11.9 Å². The summed E-state index contributed by atoms with van der Waals surface area (Å²) in [5.74, 6) is -0.655. The zero-order valence-electron chi connectivity index (χ0n) is 11.5. The molecule has 110 valence electrons. The van der Waals surface area contributed by atoms with E-state index >= 15 is 0 Å². The Labute approximate surface area is 127 Å². The number of methoxy groups -OCH3 is 1. The van der Waals surface area contributed by atoms with E-state index in [9.17, 15) is 9.90 Å². The van der Waals surface area contributed by atoms with Crippen molar-refractivity contribution in [2.24, 2.45) is 0 Å². The van der Waals surface area contributed by atoms with Crippen molar-refractivity contribution in [1.82, 2.24) is 0 Å². The largest absolute Gasteiger partial charge is 0.504 e. The summed E-state index contributed by atoms with van der Waals surface area (Å²) < 4.78 is 10.3. The van der Waals surface area contributed by atoms with Gasteiger partial charge in [0.25, 0.3) is 0 Å². The number of hydrogen-bond donors (Lipinski definition) is 1. The Balaban J connectivity index is 2.16. The van der Waals surface area contributed by atoms with Gasteiger partial charge in [0, 0.05) is 5.02 Å². The number of benzene rings is 2. The van der Waals surface area contributed by atoms with Gasteiger partial charge in [0.15, 0.2) is 11.5 Å². The molecule has 0 saturated carbocycles. The Morgan fingerprint density at radius 3 is 2.48 bits per heavy atom. The van der Waals surface area contributed by atoms with Crippen LogP contribution in [0.3, 0.4) is 0 Å². The minimum absolute atomic E-state index is 0.0252. The second-order valence-electron chi connectivity index (χ2n) is 4.41. The smallest absolute Gasteiger partial charge is 0.316 e. The van der Waals surface area contributed by atoms with Crippen molar-refractivity contribution in [2.45, 2.75) is 5.92 Å². The Hall–Kier alpha value is -2.20. The van der Waals surface area contributed by atoms with E-state index in [1.807, 2.05) is 0 Å². The van der Waals surface area contributed by atoms with Crippen LogP contribution in [-0.2, 0) is 9.53 Å². The molecule has 0 amide bonds. The van der Waals surface area contributed by atoms with Crippen LogP contribution in [0, 0.1) is 0 Å². The summed E-state index contributed by atoms with van der Waals surface area (Å²) in [4.78, 5) is 11.9. The van der Waals surface area contributed by atoms with Crippen LogP contribution in [0.2, 0.25) is 5.02 Å². The Morgan fingerprint density at radius 1 is 1.19 bits per heavy atom. The van der Waals surface area contributed by atoms with Crippen molar-refractivity contribution >= 4 is 17.6 Å². The van der Waals surface area contributed by atoms with Gasteiger partial charge in [0.1, 0.15) is 12.5 Å². The van der Waals surface area contributed by atoms with Crippen molar-refractivity contribution in [3.8, 4) is 11.5 Å². The number of halogens is 1. The first kappa shape index (κ1) is 15.2. The monoisotopic (exact) mass is 306 g/mol. The number of aromatic hydroxyl groups is 1. The molecule has 0 spiro atoms. The van der Waals surface area contributed by atoms with E-state index in [2.05, 4.69) is 0 Å². The second kappa shape index (κ2) is 6.99. The van der Waals surface area contributed by atoms with Crippen LogP contribution in [0.15, 0.2) is 48.5 Å². The molecule has 0 heterocycles. The number of phenols is 1. The lowest BCUT2D eigenvalue weighted by Crippen LogP contribution is -2.21. The zero-order chi connectivity index (χ0) is 15.2. The van der Waals surface area contributed by atoms with Crippen LogP contribution < -0.4 is 4.74 Å². The molecule has 2 aromatic rings. The molecule has 4 nitrogen and oxygen atoms in total. The van der Waals surface area contributed by atoms with Gasteiger partial charge in [0.05, 0.1) is 7.11 Å². The minimum Gasteiger partial charge on any atom is -0.504 e. The van der Waals surface area contributed by atoms with Gasteiger partial charge in [-0.05, 0) is 29.8 Å². The molecule has 0 aliphatic carbocycles. The van der Waals surface area contributed by atoms with E-state index in [-0.39, 0.29) is 12.4 Å². The third-order valence-corrected chi connectivity index (χ3v) is 3.28. The molecule has 2 aromatic carbocycles. The van der Waals surface area contributed by atoms with Crippen molar-refractivity contribution in [1.29, 1.82) is 0 Å². The molecule has 0 radical (unpaired) electrons. The highest BCUT2D eigenvalue weighted by molar-refractivity contribution is 6.30. The van der Waals surface area contributed by atoms with Crippen LogP contribution in [0.1, 0.15) is 11.5 Å². The lowest BCUT2D eigenvalue weighted by atomic mass is 10.0. The predicted octanol–water partition coefficient (Wildman–Crippen LogP) is 3.38. The van der Waals surface area contributed by atoms with Crippen LogP contribution >= 0.6 is 11.6 Å². The van der Waals surface area contributed by atoms with Gasteiger partial charge in [-0.1, -0.05) is 35.9 Å². The molecule has 2 rings (SSSR count). The molecule has 0 aromatic heterocycles. The average Bonchev–Trinajstić information content (AvgIpc) is 2.50. The molecule has 0 aliphatic rings. The van der Waals surface area contributed by atoms with Crippen molar-refractivity contribution in [3.63, 3.8) is 0 Å². The van der Waals surface area contributed by atoms with Gasteiger partial charge in [-0.2, -0.15) is 0 Å². The summed E-state index contributed by atoms with van der Waals surface area (Å²) in [6.45, 7) is 0.0614. The summed E-state index contributed by atoms with van der Waals surface area (Å²) in [5, 5.41) is 10.3. The van der Waals surface area contributed by atoms with Crippen LogP contribution in [-0.4, -0.2) is 24.8 Å². The van der Waals surface area contributed by atoms with Crippen LogP contribution in [0.25, 0.3) is 0 Å². The average molecular weight is 307 g/mol. The van der Waals surface area contributed by atoms with E-state index in [1.54, 1.807) is 42.5 Å². The molecule has 5 heteroatoms. The number of phenolic OH excluding ortho intramolecular Hbond substituents is 1. The molecule has 0 bridgehead atoms. The van der Waals surface area contributed by atoms with Gasteiger partial charge < -0.3 is 14.6 Å². The van der Waals surface area contributed by atoms with E-state index in [4.69, 9.17) is 21.1 Å². The molecule has 1 N–H and O–H groups in total.